The Hall–Kier alpha value is -3.74. The number of ketones is 1. The van der Waals surface area contributed by atoms with Gasteiger partial charge in [-0.2, -0.15) is 0 Å². The molecule has 0 radical (unpaired) electrons. The highest BCUT2D eigenvalue weighted by molar-refractivity contribution is 6.25. The highest BCUT2D eigenvalue weighted by atomic mass is 16.5. The Balaban J connectivity index is 1.53. The number of aliphatic imine (C=N–C) groups is 1. The first-order valence-corrected chi connectivity index (χ1v) is 11.3. The number of carbonyl (C=O) groups excluding carboxylic acids is 3. The van der Waals surface area contributed by atoms with Crippen molar-refractivity contribution in [2.75, 3.05) is 13.7 Å². The molecular formula is C27H28N2O5. The summed E-state index contributed by atoms with van der Waals surface area (Å²) in [5.41, 5.74) is 1.98. The molecule has 1 aliphatic heterocycles. The number of ether oxygens (including phenoxy) is 1. The number of aliphatic hydroxyl groups is 1. The van der Waals surface area contributed by atoms with E-state index in [-0.39, 0.29) is 47.3 Å². The summed E-state index contributed by atoms with van der Waals surface area (Å²) >= 11 is 0. The second-order valence-corrected chi connectivity index (χ2v) is 9.43. The fourth-order valence-corrected chi connectivity index (χ4v) is 4.50. The molecule has 1 N–H and O–H groups in total. The van der Waals surface area contributed by atoms with Crippen LogP contribution in [-0.2, 0) is 4.79 Å². The van der Waals surface area contributed by atoms with Crippen molar-refractivity contribution in [3.63, 3.8) is 0 Å². The van der Waals surface area contributed by atoms with E-state index >= 15 is 0 Å². The minimum Gasteiger partial charge on any atom is -0.511 e. The minimum absolute atomic E-state index is 0.0515. The lowest BCUT2D eigenvalue weighted by Crippen LogP contribution is -2.33. The summed E-state index contributed by atoms with van der Waals surface area (Å²) in [6.07, 6.45) is 1.36. The van der Waals surface area contributed by atoms with Crippen LogP contribution in [0.5, 0.6) is 5.75 Å². The fourth-order valence-electron chi connectivity index (χ4n) is 4.50. The van der Waals surface area contributed by atoms with Crippen LogP contribution in [0.15, 0.2) is 64.9 Å². The van der Waals surface area contributed by atoms with Crippen molar-refractivity contribution in [3.05, 3.63) is 71.0 Å². The number of aliphatic hydroxyl groups excluding tert-OH is 1. The predicted molar refractivity (Wildman–Crippen MR) is 129 cm³/mol. The summed E-state index contributed by atoms with van der Waals surface area (Å²) in [6.45, 7) is 4.17. The van der Waals surface area contributed by atoms with E-state index < -0.39 is 0 Å². The van der Waals surface area contributed by atoms with Crippen molar-refractivity contribution < 1.29 is 24.2 Å². The van der Waals surface area contributed by atoms with Gasteiger partial charge in [0.1, 0.15) is 11.5 Å². The molecule has 0 spiro atoms. The summed E-state index contributed by atoms with van der Waals surface area (Å²) in [7, 11) is 1.59. The number of nitrogens with zero attached hydrogens (tertiary/aromatic N) is 2. The van der Waals surface area contributed by atoms with E-state index in [1.807, 2.05) is 13.8 Å². The number of amides is 2. The van der Waals surface area contributed by atoms with Crippen molar-refractivity contribution in [1.29, 1.82) is 0 Å². The topological polar surface area (TPSA) is 96.3 Å². The normalized spacial score (nSPS) is 20.0. The van der Waals surface area contributed by atoms with E-state index in [1.165, 1.54) is 4.90 Å². The van der Waals surface area contributed by atoms with Crippen LogP contribution in [0.2, 0.25) is 0 Å². The molecule has 1 aliphatic carbocycles. The summed E-state index contributed by atoms with van der Waals surface area (Å²) < 4.78 is 5.19. The van der Waals surface area contributed by atoms with Gasteiger partial charge in [-0.05, 0) is 54.7 Å². The first-order valence-electron chi connectivity index (χ1n) is 11.3. The monoisotopic (exact) mass is 460 g/mol. The smallest absolute Gasteiger partial charge is 0.261 e. The number of allylic oxidation sites excluding steroid dienone is 2. The van der Waals surface area contributed by atoms with Crippen LogP contribution < -0.4 is 4.74 Å². The number of Topliss-reactive ketones (excluding diaryl/α,β-unsaturated/α-hetero) is 1. The van der Waals surface area contributed by atoms with Crippen LogP contribution in [-0.4, -0.2) is 47.0 Å². The van der Waals surface area contributed by atoms with E-state index in [0.717, 1.165) is 0 Å². The van der Waals surface area contributed by atoms with Crippen molar-refractivity contribution in [1.82, 2.24) is 4.90 Å². The number of hydrogen-bond donors (Lipinski definition) is 1. The van der Waals surface area contributed by atoms with Gasteiger partial charge in [0.2, 0.25) is 0 Å². The number of hydrogen-bond acceptors (Lipinski definition) is 6. The maximum atomic E-state index is 13.0. The SMILES string of the molecule is COc1ccc(N=C2CC(C)(C)CC(=O)/C2=C(\O)CCCN2C(=O)c3ccccc3C2=O)cc1. The molecule has 0 unspecified atom stereocenters. The van der Waals surface area contributed by atoms with Crippen molar-refractivity contribution in [2.24, 2.45) is 10.4 Å². The van der Waals surface area contributed by atoms with Gasteiger partial charge in [-0.3, -0.25) is 24.3 Å². The second kappa shape index (κ2) is 9.25. The van der Waals surface area contributed by atoms with E-state index in [4.69, 9.17) is 4.74 Å². The molecule has 0 atom stereocenters. The highest BCUT2D eigenvalue weighted by Crippen LogP contribution is 2.37. The van der Waals surface area contributed by atoms with Crippen molar-refractivity contribution in [2.45, 2.75) is 39.5 Å². The average Bonchev–Trinajstić information content (AvgIpc) is 3.03. The Morgan fingerprint density at radius 1 is 1.00 bits per heavy atom. The van der Waals surface area contributed by atoms with Gasteiger partial charge in [-0.25, -0.2) is 0 Å². The molecule has 7 heteroatoms. The Morgan fingerprint density at radius 2 is 1.62 bits per heavy atom. The zero-order valence-corrected chi connectivity index (χ0v) is 19.6. The van der Waals surface area contributed by atoms with Crippen molar-refractivity contribution in [3.8, 4) is 5.75 Å². The standard InChI is InChI=1S/C27H28N2O5/c1-27(2)15-21(28-17-10-12-18(34-3)13-11-17)24(23(31)16-27)22(30)9-6-14-29-25(32)19-7-4-5-8-20(19)26(29)33/h4-5,7-8,10-13,30H,6,9,14-16H2,1-3H3/b24-22-,28-21?. The van der Waals surface area contributed by atoms with Gasteiger partial charge in [0.15, 0.2) is 5.78 Å². The number of imide groups is 1. The zero-order valence-electron chi connectivity index (χ0n) is 19.6. The number of benzene rings is 2. The number of methoxy groups -OCH3 is 1. The van der Waals surface area contributed by atoms with Gasteiger partial charge >= 0.3 is 0 Å². The molecule has 1 saturated carbocycles. The van der Waals surface area contributed by atoms with E-state index in [2.05, 4.69) is 4.99 Å². The van der Waals surface area contributed by atoms with Gasteiger partial charge in [-0.15, -0.1) is 0 Å². The molecule has 1 heterocycles. The lowest BCUT2D eigenvalue weighted by molar-refractivity contribution is -0.117. The molecule has 176 valence electrons. The Labute approximate surface area is 198 Å². The Morgan fingerprint density at radius 3 is 2.21 bits per heavy atom. The van der Waals surface area contributed by atoms with Gasteiger partial charge in [0.25, 0.3) is 11.8 Å². The van der Waals surface area contributed by atoms with Crippen LogP contribution in [0.3, 0.4) is 0 Å². The Kier molecular flexibility index (Phi) is 6.37. The van der Waals surface area contributed by atoms with Crippen LogP contribution >= 0.6 is 0 Å². The van der Waals surface area contributed by atoms with Crippen LogP contribution in [0.25, 0.3) is 0 Å². The molecule has 7 nitrogen and oxygen atoms in total. The second-order valence-electron chi connectivity index (χ2n) is 9.43. The summed E-state index contributed by atoms with van der Waals surface area (Å²) in [4.78, 5) is 44.0. The van der Waals surface area contributed by atoms with Crippen LogP contribution in [0, 0.1) is 5.41 Å². The summed E-state index contributed by atoms with van der Waals surface area (Å²) in [5.74, 6) is -0.156. The molecule has 0 saturated heterocycles. The molecule has 1 fully saturated rings. The fraction of sp³-hybridized carbons (Fsp3) is 0.333. The van der Waals surface area contributed by atoms with Gasteiger partial charge in [-0.1, -0.05) is 26.0 Å². The Bertz CT molecular complexity index is 1170. The molecule has 34 heavy (non-hydrogen) atoms. The first-order chi connectivity index (χ1) is 16.2. The maximum Gasteiger partial charge on any atom is 0.261 e. The predicted octanol–water partition coefficient (Wildman–Crippen LogP) is 5.05. The minimum atomic E-state index is -0.329. The lowest BCUT2D eigenvalue weighted by Gasteiger charge is -2.31. The molecule has 0 aromatic heterocycles. The molecular weight excluding hydrogens is 432 g/mol. The molecule has 2 aromatic rings. The lowest BCUT2D eigenvalue weighted by atomic mass is 9.73. The molecule has 0 bridgehead atoms. The van der Waals surface area contributed by atoms with E-state index in [1.54, 1.807) is 55.6 Å². The van der Waals surface area contributed by atoms with Crippen LogP contribution in [0.1, 0.15) is 60.2 Å². The third-order valence-electron chi connectivity index (χ3n) is 6.15. The van der Waals surface area contributed by atoms with Gasteiger partial charge < -0.3 is 9.84 Å². The number of rotatable bonds is 6. The van der Waals surface area contributed by atoms with Gasteiger partial charge in [0.05, 0.1) is 35.2 Å². The molecule has 2 aromatic carbocycles. The summed E-state index contributed by atoms with van der Waals surface area (Å²) in [6, 6.07) is 13.9. The third kappa shape index (κ3) is 4.64. The van der Waals surface area contributed by atoms with Gasteiger partial charge in [0, 0.05) is 19.4 Å². The maximum absolute atomic E-state index is 13.0. The summed E-state index contributed by atoms with van der Waals surface area (Å²) in [5, 5.41) is 10.9. The molecule has 4 rings (SSSR count). The zero-order chi connectivity index (χ0) is 24.5. The molecule has 2 aliphatic rings. The number of carbonyl (C=O) groups is 3. The van der Waals surface area contributed by atoms with Crippen molar-refractivity contribution >= 4 is 29.0 Å². The largest absolute Gasteiger partial charge is 0.511 e. The van der Waals surface area contributed by atoms with E-state index in [9.17, 15) is 19.5 Å². The molecule has 2 amide bonds. The first kappa shape index (κ1) is 23.4. The third-order valence-corrected chi connectivity index (χ3v) is 6.15. The van der Waals surface area contributed by atoms with Crippen LogP contribution in [0.4, 0.5) is 5.69 Å². The quantitative estimate of drug-likeness (QED) is 0.370. The highest BCUT2D eigenvalue weighted by Gasteiger charge is 2.37. The number of fused-ring (bicyclic) bond motifs is 1. The van der Waals surface area contributed by atoms with E-state index in [0.29, 0.717) is 47.5 Å². The average molecular weight is 461 g/mol.